The number of hydrogen-bond acceptors (Lipinski definition) is 5. The predicted molar refractivity (Wildman–Crippen MR) is 81.3 cm³/mol. The molecule has 0 bridgehead atoms. The van der Waals surface area contributed by atoms with Gasteiger partial charge in [0.25, 0.3) is 0 Å². The number of rotatable bonds is 1. The van der Waals surface area contributed by atoms with E-state index >= 15 is 0 Å². The molecule has 5 nitrogen and oxygen atoms in total. The third kappa shape index (κ3) is 4.01. The van der Waals surface area contributed by atoms with Gasteiger partial charge >= 0.3 is 0 Å². The quantitative estimate of drug-likeness (QED) is 0.486. The minimum Gasteiger partial charge on any atom is -0.375 e. The largest absolute Gasteiger partial charge is 0.375 e. The van der Waals surface area contributed by atoms with Crippen LogP contribution in [0, 0.1) is 0 Å². The lowest BCUT2D eigenvalue weighted by Gasteiger charge is -2.09. The highest BCUT2D eigenvalue weighted by atomic mass is 16.6. The number of nitrogens with one attached hydrogen (secondary N) is 1. The summed E-state index contributed by atoms with van der Waals surface area (Å²) < 4.78 is 16.8. The molecular weight excluding hydrogens is 282 g/mol. The van der Waals surface area contributed by atoms with E-state index in [0.29, 0.717) is 32.8 Å². The Labute approximate surface area is 130 Å². The van der Waals surface area contributed by atoms with Crippen molar-refractivity contribution in [3.63, 3.8) is 0 Å². The Kier molecular flexibility index (Phi) is 5.34. The molecule has 2 heterocycles. The molecule has 1 N–H and O–H groups in total. The maximum atomic E-state index is 11.2. The first-order valence-corrected chi connectivity index (χ1v) is 7.63. The van der Waals surface area contributed by atoms with E-state index in [1.54, 1.807) is 0 Å². The Morgan fingerprint density at radius 3 is 2.91 bits per heavy atom. The van der Waals surface area contributed by atoms with Crippen LogP contribution in [0.2, 0.25) is 0 Å². The van der Waals surface area contributed by atoms with E-state index in [-0.39, 0.29) is 18.4 Å². The molecule has 2 aliphatic rings. The second-order valence-corrected chi connectivity index (χ2v) is 5.42. The highest BCUT2D eigenvalue weighted by molar-refractivity contribution is 5.58. The molecule has 0 spiro atoms. The van der Waals surface area contributed by atoms with Crippen LogP contribution in [0.4, 0.5) is 0 Å². The fourth-order valence-corrected chi connectivity index (χ4v) is 2.55. The minimum atomic E-state index is -0.236. The molecule has 3 atom stereocenters. The fourth-order valence-electron chi connectivity index (χ4n) is 2.55. The number of carbonyl (C=O) groups is 1. The molecule has 1 aromatic carbocycles. The lowest BCUT2D eigenvalue weighted by Crippen LogP contribution is -2.32. The summed E-state index contributed by atoms with van der Waals surface area (Å²) in [5.74, 6) is 0. The van der Waals surface area contributed by atoms with E-state index < -0.39 is 0 Å². The second kappa shape index (κ2) is 7.65. The summed E-state index contributed by atoms with van der Waals surface area (Å²) in [5.41, 5.74) is 2.24. The number of epoxide rings is 1. The summed E-state index contributed by atoms with van der Waals surface area (Å²) in [5, 5.41) is 3.23. The van der Waals surface area contributed by atoms with Crippen LogP contribution in [0.15, 0.2) is 36.4 Å². The van der Waals surface area contributed by atoms with Crippen LogP contribution >= 0.6 is 0 Å². The fraction of sp³-hybridized carbons (Fsp3) is 0.471. The third-order valence-corrected chi connectivity index (χ3v) is 3.80. The van der Waals surface area contributed by atoms with Crippen molar-refractivity contribution in [3.8, 4) is 0 Å². The monoisotopic (exact) mass is 303 g/mol. The van der Waals surface area contributed by atoms with Gasteiger partial charge in [-0.05, 0) is 17.5 Å². The first kappa shape index (κ1) is 15.4. The molecule has 2 aliphatic heterocycles. The van der Waals surface area contributed by atoms with Crippen molar-refractivity contribution in [2.75, 3.05) is 19.8 Å². The highest BCUT2D eigenvalue weighted by Gasteiger charge is 2.42. The Morgan fingerprint density at radius 2 is 2.00 bits per heavy atom. The Balaban J connectivity index is 1.71. The number of ether oxygens (including phenoxy) is 3. The number of aldehydes is 1. The van der Waals surface area contributed by atoms with Gasteiger partial charge in [-0.3, -0.25) is 5.32 Å². The number of hydrogen-bond donors (Lipinski definition) is 1. The molecule has 0 radical (unpaired) electrons. The van der Waals surface area contributed by atoms with Crippen LogP contribution in [0.1, 0.15) is 23.7 Å². The number of carbonyl (C=O) groups excluding carboxylic acids is 1. The van der Waals surface area contributed by atoms with Gasteiger partial charge in [-0.15, -0.1) is 0 Å². The van der Waals surface area contributed by atoms with Gasteiger partial charge in [-0.2, -0.15) is 0 Å². The van der Waals surface area contributed by atoms with Crippen molar-refractivity contribution in [3.05, 3.63) is 47.5 Å². The summed E-state index contributed by atoms with van der Waals surface area (Å²) in [6.45, 7) is 2.20. The van der Waals surface area contributed by atoms with Crippen LogP contribution in [0.5, 0.6) is 0 Å². The van der Waals surface area contributed by atoms with Gasteiger partial charge in [-0.1, -0.05) is 36.4 Å². The van der Waals surface area contributed by atoms with Gasteiger partial charge < -0.3 is 19.0 Å². The van der Waals surface area contributed by atoms with Crippen LogP contribution in [0.25, 0.3) is 0 Å². The Morgan fingerprint density at radius 1 is 1.14 bits per heavy atom. The molecule has 118 valence electrons. The summed E-state index contributed by atoms with van der Waals surface area (Å²) in [4.78, 5) is 11.2. The third-order valence-electron chi connectivity index (χ3n) is 3.80. The van der Waals surface area contributed by atoms with Crippen LogP contribution in [0.3, 0.4) is 0 Å². The molecule has 0 aliphatic carbocycles. The molecule has 1 aromatic rings. The predicted octanol–water partition coefficient (Wildman–Crippen LogP) is 1.73. The molecule has 0 amide bonds. The van der Waals surface area contributed by atoms with Gasteiger partial charge in [0, 0.05) is 0 Å². The lowest BCUT2D eigenvalue weighted by molar-refractivity contribution is -0.109. The van der Waals surface area contributed by atoms with E-state index in [0.717, 1.165) is 17.4 Å². The van der Waals surface area contributed by atoms with E-state index in [2.05, 4.69) is 11.4 Å². The molecule has 5 heteroatoms. The van der Waals surface area contributed by atoms with Gasteiger partial charge in [0.1, 0.15) is 18.6 Å². The average molecular weight is 303 g/mol. The Hall–Kier alpha value is -1.53. The van der Waals surface area contributed by atoms with Crippen molar-refractivity contribution in [1.29, 1.82) is 0 Å². The normalized spacial score (nSPS) is 31.0. The summed E-state index contributed by atoms with van der Waals surface area (Å²) >= 11 is 0. The second-order valence-electron chi connectivity index (χ2n) is 5.42. The zero-order valence-corrected chi connectivity index (χ0v) is 12.4. The molecule has 2 unspecified atom stereocenters. The summed E-state index contributed by atoms with van der Waals surface area (Å²) in [7, 11) is 0. The van der Waals surface area contributed by atoms with Crippen molar-refractivity contribution in [1.82, 2.24) is 5.32 Å². The van der Waals surface area contributed by atoms with Crippen molar-refractivity contribution < 1.29 is 19.0 Å². The maximum Gasteiger partial charge on any atom is 0.140 e. The molecule has 1 saturated heterocycles. The lowest BCUT2D eigenvalue weighted by atomic mass is 10.0. The summed E-state index contributed by atoms with van der Waals surface area (Å²) in [6, 6.07) is 7.85. The average Bonchev–Trinajstić information content (AvgIpc) is 3.30. The summed E-state index contributed by atoms with van der Waals surface area (Å²) in [6.07, 6.45) is 5.34. The number of fused-ring (bicyclic) bond motifs is 3. The van der Waals surface area contributed by atoms with E-state index in [1.807, 2.05) is 30.4 Å². The molecule has 0 saturated carbocycles. The minimum absolute atomic E-state index is 0.00684. The first-order valence-electron chi connectivity index (χ1n) is 7.63. The van der Waals surface area contributed by atoms with Crippen molar-refractivity contribution in [2.45, 2.75) is 31.4 Å². The topological polar surface area (TPSA) is 60.1 Å². The zero-order chi connectivity index (χ0) is 15.2. The van der Waals surface area contributed by atoms with E-state index in [9.17, 15) is 4.79 Å². The standard InChI is InChI=1S/C17H21NO4/c19-11-14-6-3-4-8-20-9-10-21-12-13-5-1-2-7-15(13)16-17(18-14)22-16/h1-5,7,11,14,16-18H,6,8-10,12H2/b4-3-/t14-,16?,17?/m0/s1. The van der Waals surface area contributed by atoms with Gasteiger partial charge in [0.2, 0.25) is 0 Å². The van der Waals surface area contributed by atoms with Crippen LogP contribution in [-0.4, -0.2) is 38.4 Å². The van der Waals surface area contributed by atoms with Crippen molar-refractivity contribution in [2.24, 2.45) is 0 Å². The van der Waals surface area contributed by atoms with Gasteiger partial charge in [-0.25, -0.2) is 0 Å². The van der Waals surface area contributed by atoms with Crippen molar-refractivity contribution >= 4 is 6.29 Å². The van der Waals surface area contributed by atoms with Gasteiger partial charge in [0.05, 0.1) is 32.5 Å². The van der Waals surface area contributed by atoms with E-state index in [4.69, 9.17) is 14.2 Å². The molecule has 3 rings (SSSR count). The Bertz CT molecular complexity index is 531. The van der Waals surface area contributed by atoms with Crippen LogP contribution in [-0.2, 0) is 25.6 Å². The van der Waals surface area contributed by atoms with E-state index in [1.165, 1.54) is 0 Å². The highest BCUT2D eigenvalue weighted by Crippen LogP contribution is 2.39. The van der Waals surface area contributed by atoms with Crippen LogP contribution < -0.4 is 5.32 Å². The number of benzene rings is 1. The molecular formula is C17H21NO4. The SMILES string of the molecule is O=C[C@@H]1C/C=C\COCCOCc2ccccc2C2OC2N1. The van der Waals surface area contributed by atoms with Gasteiger partial charge in [0.15, 0.2) is 0 Å². The molecule has 22 heavy (non-hydrogen) atoms. The smallest absolute Gasteiger partial charge is 0.140 e. The molecule has 1 fully saturated rings. The molecule has 0 aromatic heterocycles. The zero-order valence-electron chi connectivity index (χ0n) is 12.4. The maximum absolute atomic E-state index is 11.2. The first-order chi connectivity index (χ1) is 10.9.